The summed E-state index contributed by atoms with van der Waals surface area (Å²) >= 11 is 0.815. The number of imide groups is 1. The summed E-state index contributed by atoms with van der Waals surface area (Å²) in [7, 11) is 0. The molecule has 0 saturated carbocycles. The summed E-state index contributed by atoms with van der Waals surface area (Å²) in [5, 5.41) is 2.36. The van der Waals surface area contributed by atoms with Gasteiger partial charge >= 0.3 is 0 Å². The predicted octanol–water partition coefficient (Wildman–Crippen LogP) is 4.06. The highest BCUT2D eigenvalue weighted by molar-refractivity contribution is 8.18. The Bertz CT molecular complexity index is 1170. The van der Waals surface area contributed by atoms with Crippen molar-refractivity contribution in [1.29, 1.82) is 0 Å². The van der Waals surface area contributed by atoms with Gasteiger partial charge in [-0.15, -0.1) is 0 Å². The van der Waals surface area contributed by atoms with Crippen LogP contribution >= 0.6 is 11.8 Å². The molecular weight excluding hydrogens is 466 g/mol. The van der Waals surface area contributed by atoms with E-state index in [9.17, 15) is 19.2 Å². The number of thioether (sulfide) groups is 1. The fourth-order valence-electron chi connectivity index (χ4n) is 3.91. The van der Waals surface area contributed by atoms with Gasteiger partial charge in [0.1, 0.15) is 12.3 Å². The Kier molecular flexibility index (Phi) is 7.87. The summed E-state index contributed by atoms with van der Waals surface area (Å²) in [5.74, 6) is -0.510. The van der Waals surface area contributed by atoms with Crippen LogP contribution < -0.4 is 10.1 Å². The zero-order valence-electron chi connectivity index (χ0n) is 19.5. The number of carbonyl (C=O) groups is 4. The lowest BCUT2D eigenvalue weighted by molar-refractivity contribution is -0.136. The Labute approximate surface area is 208 Å². The van der Waals surface area contributed by atoms with E-state index in [0.717, 1.165) is 47.2 Å². The van der Waals surface area contributed by atoms with Gasteiger partial charge in [-0.25, -0.2) is 0 Å². The minimum absolute atomic E-state index is 0.174. The number of nitrogens with zero attached hydrogens (tertiary/aromatic N) is 2. The van der Waals surface area contributed by atoms with Gasteiger partial charge < -0.3 is 15.0 Å². The summed E-state index contributed by atoms with van der Waals surface area (Å²) in [5.41, 5.74) is 2.33. The zero-order valence-corrected chi connectivity index (χ0v) is 20.3. The first-order valence-electron chi connectivity index (χ1n) is 11.5. The van der Waals surface area contributed by atoms with E-state index in [1.54, 1.807) is 35.2 Å². The second kappa shape index (κ2) is 11.2. The molecule has 0 bridgehead atoms. The molecule has 2 heterocycles. The molecule has 2 aromatic rings. The van der Waals surface area contributed by atoms with E-state index in [1.165, 1.54) is 0 Å². The Morgan fingerprint density at radius 3 is 2.60 bits per heavy atom. The monoisotopic (exact) mass is 493 g/mol. The van der Waals surface area contributed by atoms with Gasteiger partial charge in [0.05, 0.1) is 4.91 Å². The van der Waals surface area contributed by atoms with Crippen LogP contribution in [0.3, 0.4) is 0 Å². The molecule has 9 heteroatoms. The molecular formula is C26H27N3O5S. The Hall–Kier alpha value is -3.59. The summed E-state index contributed by atoms with van der Waals surface area (Å²) in [6, 6.07) is 14.4. The number of ether oxygens (including phenoxy) is 1. The van der Waals surface area contributed by atoms with Crippen LogP contribution in [0.4, 0.5) is 10.5 Å². The van der Waals surface area contributed by atoms with Crippen molar-refractivity contribution in [1.82, 2.24) is 9.80 Å². The van der Waals surface area contributed by atoms with Crippen molar-refractivity contribution in [2.75, 3.05) is 31.6 Å². The van der Waals surface area contributed by atoms with Gasteiger partial charge in [-0.2, -0.15) is 0 Å². The molecule has 2 aliphatic heterocycles. The van der Waals surface area contributed by atoms with Crippen LogP contribution in [0.1, 0.15) is 30.4 Å². The van der Waals surface area contributed by atoms with E-state index in [2.05, 4.69) is 5.32 Å². The lowest BCUT2D eigenvalue weighted by atomic mass is 10.1. The zero-order chi connectivity index (χ0) is 24.8. The molecule has 35 heavy (non-hydrogen) atoms. The molecule has 0 aromatic heterocycles. The first kappa shape index (κ1) is 24.5. The molecule has 4 rings (SSSR count). The Balaban J connectivity index is 1.36. The van der Waals surface area contributed by atoms with Gasteiger partial charge in [-0.3, -0.25) is 24.1 Å². The van der Waals surface area contributed by atoms with Crippen molar-refractivity contribution in [3.8, 4) is 5.75 Å². The number of hydrogen-bond acceptors (Lipinski definition) is 6. The van der Waals surface area contributed by atoms with Crippen LogP contribution in [0.25, 0.3) is 6.08 Å². The Morgan fingerprint density at radius 2 is 1.83 bits per heavy atom. The SMILES string of the molecule is Cc1ccccc1NC(=O)COc1cccc(/C=C2\SC(=O)N(CC(=O)N3CCCCC3)C2=O)c1. The van der Waals surface area contributed by atoms with E-state index in [-0.39, 0.29) is 29.9 Å². The van der Waals surface area contributed by atoms with Crippen molar-refractivity contribution in [2.24, 2.45) is 0 Å². The quantitative estimate of drug-likeness (QED) is 0.585. The van der Waals surface area contributed by atoms with Crippen LogP contribution in [-0.4, -0.2) is 59.0 Å². The standard InChI is InChI=1S/C26H27N3O5S/c1-18-8-3-4-11-21(18)27-23(30)17-34-20-10-7-9-19(14-20)15-22-25(32)29(26(33)35-22)16-24(31)28-12-5-2-6-13-28/h3-4,7-11,14-15H,2,5-6,12-13,16-17H2,1H3,(H,27,30)/b22-15-. The predicted molar refractivity (Wildman–Crippen MR) is 135 cm³/mol. The molecule has 2 aliphatic rings. The molecule has 2 saturated heterocycles. The number of nitrogens with one attached hydrogen (secondary N) is 1. The number of likely N-dealkylation sites (tertiary alicyclic amines) is 1. The van der Waals surface area contributed by atoms with Crippen LogP contribution in [-0.2, 0) is 14.4 Å². The molecule has 0 radical (unpaired) electrons. The highest BCUT2D eigenvalue weighted by Crippen LogP contribution is 2.32. The molecule has 0 atom stereocenters. The van der Waals surface area contributed by atoms with Crippen molar-refractivity contribution in [3.63, 3.8) is 0 Å². The third-order valence-corrected chi connectivity index (χ3v) is 6.73. The first-order chi connectivity index (χ1) is 16.9. The van der Waals surface area contributed by atoms with E-state index in [0.29, 0.717) is 24.4 Å². The second-order valence-electron chi connectivity index (χ2n) is 8.43. The van der Waals surface area contributed by atoms with Crippen LogP contribution in [0, 0.1) is 6.92 Å². The van der Waals surface area contributed by atoms with Gasteiger partial charge in [0, 0.05) is 18.8 Å². The number of piperidine rings is 1. The van der Waals surface area contributed by atoms with E-state index in [4.69, 9.17) is 4.74 Å². The van der Waals surface area contributed by atoms with Gasteiger partial charge in [-0.1, -0.05) is 30.3 Å². The van der Waals surface area contributed by atoms with Crippen LogP contribution in [0.15, 0.2) is 53.4 Å². The number of benzene rings is 2. The number of carbonyl (C=O) groups excluding carboxylic acids is 4. The summed E-state index contributed by atoms with van der Waals surface area (Å²) < 4.78 is 5.61. The summed E-state index contributed by atoms with van der Waals surface area (Å²) in [6.45, 7) is 2.83. The van der Waals surface area contributed by atoms with Crippen molar-refractivity contribution >= 4 is 46.5 Å². The molecule has 0 unspecified atom stereocenters. The first-order valence-corrected chi connectivity index (χ1v) is 12.3. The van der Waals surface area contributed by atoms with Gasteiger partial charge in [0.15, 0.2) is 6.61 Å². The fraction of sp³-hybridized carbons (Fsp3) is 0.308. The molecule has 182 valence electrons. The van der Waals surface area contributed by atoms with Crippen LogP contribution in [0.2, 0.25) is 0 Å². The van der Waals surface area contributed by atoms with Crippen molar-refractivity contribution in [2.45, 2.75) is 26.2 Å². The smallest absolute Gasteiger partial charge is 0.294 e. The summed E-state index contributed by atoms with van der Waals surface area (Å²) in [6.07, 6.45) is 4.57. The minimum Gasteiger partial charge on any atom is -0.484 e. The number of para-hydroxylation sites is 1. The molecule has 4 amide bonds. The van der Waals surface area contributed by atoms with Crippen LogP contribution in [0.5, 0.6) is 5.75 Å². The Morgan fingerprint density at radius 1 is 1.06 bits per heavy atom. The molecule has 0 spiro atoms. The lowest BCUT2D eigenvalue weighted by Gasteiger charge is -2.27. The maximum Gasteiger partial charge on any atom is 0.294 e. The third kappa shape index (κ3) is 6.30. The van der Waals surface area contributed by atoms with Crippen molar-refractivity contribution < 1.29 is 23.9 Å². The van der Waals surface area contributed by atoms with E-state index in [1.807, 2.05) is 31.2 Å². The van der Waals surface area contributed by atoms with Gasteiger partial charge in [-0.05, 0) is 73.4 Å². The number of aryl methyl sites for hydroxylation is 1. The lowest BCUT2D eigenvalue weighted by Crippen LogP contribution is -2.44. The second-order valence-corrected chi connectivity index (χ2v) is 9.43. The van der Waals surface area contributed by atoms with Gasteiger partial charge in [0.25, 0.3) is 17.1 Å². The number of hydrogen-bond donors (Lipinski definition) is 1. The highest BCUT2D eigenvalue weighted by atomic mass is 32.2. The molecule has 8 nitrogen and oxygen atoms in total. The topological polar surface area (TPSA) is 96.0 Å². The fourth-order valence-corrected chi connectivity index (χ4v) is 4.75. The minimum atomic E-state index is -0.478. The average molecular weight is 494 g/mol. The van der Waals surface area contributed by atoms with Crippen molar-refractivity contribution in [3.05, 3.63) is 64.6 Å². The highest BCUT2D eigenvalue weighted by Gasteiger charge is 2.37. The number of anilines is 1. The number of rotatable bonds is 7. The van der Waals surface area contributed by atoms with E-state index >= 15 is 0 Å². The molecule has 1 N–H and O–H groups in total. The largest absolute Gasteiger partial charge is 0.484 e. The molecule has 2 fully saturated rings. The normalized spacial score (nSPS) is 17.1. The van der Waals surface area contributed by atoms with Gasteiger partial charge in [0.2, 0.25) is 5.91 Å². The molecule has 2 aromatic carbocycles. The summed E-state index contributed by atoms with van der Waals surface area (Å²) in [4.78, 5) is 52.9. The third-order valence-electron chi connectivity index (χ3n) is 5.82. The maximum atomic E-state index is 12.8. The number of amides is 4. The maximum absolute atomic E-state index is 12.8. The van der Waals surface area contributed by atoms with E-state index < -0.39 is 11.1 Å². The molecule has 0 aliphatic carbocycles. The average Bonchev–Trinajstić information content (AvgIpc) is 3.12.